The number of hydrogen-bond donors (Lipinski definition) is 3. The minimum Gasteiger partial charge on any atom is -0.357 e. The Hall–Kier alpha value is -1.63. The Labute approximate surface area is 143 Å². The van der Waals surface area contributed by atoms with Gasteiger partial charge in [-0.1, -0.05) is 6.92 Å². The minimum atomic E-state index is 0.0703. The molecule has 0 bridgehead atoms. The van der Waals surface area contributed by atoms with Gasteiger partial charge in [-0.25, -0.2) is 4.98 Å². The summed E-state index contributed by atoms with van der Waals surface area (Å²) in [5, 5.41) is 10.4. The van der Waals surface area contributed by atoms with Gasteiger partial charge >= 0.3 is 0 Å². The zero-order valence-corrected chi connectivity index (χ0v) is 15.4. The molecule has 1 heterocycles. The van der Waals surface area contributed by atoms with Crippen LogP contribution in [0.2, 0.25) is 0 Å². The summed E-state index contributed by atoms with van der Waals surface area (Å²) in [5.41, 5.74) is 0. The molecule has 1 amide bonds. The van der Waals surface area contributed by atoms with Gasteiger partial charge in [0, 0.05) is 49.6 Å². The first kappa shape index (κ1) is 19.4. The van der Waals surface area contributed by atoms with E-state index in [0.29, 0.717) is 19.5 Å². The van der Waals surface area contributed by atoms with Gasteiger partial charge in [0.05, 0.1) is 5.01 Å². The fourth-order valence-corrected chi connectivity index (χ4v) is 2.64. The van der Waals surface area contributed by atoms with Crippen LogP contribution in [0.25, 0.3) is 0 Å². The lowest BCUT2D eigenvalue weighted by Gasteiger charge is -2.13. The molecule has 0 radical (unpaired) electrons. The number of aliphatic imine (C=N–C) groups is 1. The van der Waals surface area contributed by atoms with E-state index in [1.807, 2.05) is 20.0 Å². The van der Waals surface area contributed by atoms with Crippen molar-refractivity contribution in [2.24, 2.45) is 4.99 Å². The number of amides is 1. The molecule has 0 fully saturated rings. The number of thiazole rings is 1. The first-order chi connectivity index (χ1) is 11.0. The van der Waals surface area contributed by atoms with Crippen LogP contribution in [-0.4, -0.2) is 42.5 Å². The molecular formula is C16H29N5OS. The maximum absolute atomic E-state index is 11.7. The highest BCUT2D eigenvalue weighted by Gasteiger charge is 2.06. The Bertz CT molecular complexity index is 500. The molecule has 3 N–H and O–H groups in total. The van der Waals surface area contributed by atoms with Crippen LogP contribution < -0.4 is 16.0 Å². The Morgan fingerprint density at radius 1 is 1.39 bits per heavy atom. The molecule has 0 saturated carbocycles. The van der Waals surface area contributed by atoms with Crippen LogP contribution in [0.4, 0.5) is 0 Å². The number of carbonyl (C=O) groups is 1. The molecule has 1 unspecified atom stereocenters. The fraction of sp³-hybridized carbons (Fsp3) is 0.688. The monoisotopic (exact) mass is 339 g/mol. The Morgan fingerprint density at radius 2 is 2.17 bits per heavy atom. The van der Waals surface area contributed by atoms with Crippen molar-refractivity contribution < 1.29 is 4.79 Å². The zero-order chi connectivity index (χ0) is 17.1. The maximum Gasteiger partial charge on any atom is 0.221 e. The van der Waals surface area contributed by atoms with Gasteiger partial charge in [-0.3, -0.25) is 9.79 Å². The van der Waals surface area contributed by atoms with E-state index in [1.54, 1.807) is 11.3 Å². The van der Waals surface area contributed by atoms with Gasteiger partial charge in [-0.05, 0) is 27.2 Å². The second-order valence-corrected chi connectivity index (χ2v) is 6.75. The third kappa shape index (κ3) is 8.54. The molecule has 6 nitrogen and oxygen atoms in total. The van der Waals surface area contributed by atoms with Crippen LogP contribution in [0.15, 0.2) is 11.2 Å². The quantitative estimate of drug-likeness (QED) is 0.474. The highest BCUT2D eigenvalue weighted by atomic mass is 32.1. The van der Waals surface area contributed by atoms with Gasteiger partial charge in [0.15, 0.2) is 5.96 Å². The average Bonchev–Trinajstić information content (AvgIpc) is 2.92. The van der Waals surface area contributed by atoms with Crippen molar-refractivity contribution in [1.82, 2.24) is 20.9 Å². The summed E-state index contributed by atoms with van der Waals surface area (Å²) in [7, 11) is 0. The predicted molar refractivity (Wildman–Crippen MR) is 97.0 cm³/mol. The predicted octanol–water partition coefficient (Wildman–Crippen LogP) is 1.85. The Kier molecular flexibility index (Phi) is 9.28. The summed E-state index contributed by atoms with van der Waals surface area (Å²) in [5.74, 6) is 0.818. The number of rotatable bonds is 9. The van der Waals surface area contributed by atoms with Crippen molar-refractivity contribution in [2.45, 2.75) is 53.0 Å². The molecule has 1 aromatic rings. The first-order valence-corrected chi connectivity index (χ1v) is 9.09. The fourth-order valence-electron chi connectivity index (χ4n) is 1.87. The van der Waals surface area contributed by atoms with E-state index in [0.717, 1.165) is 30.4 Å². The number of aromatic nitrogens is 1. The molecule has 1 atom stereocenters. The number of aryl methyl sites for hydroxylation is 1. The molecule has 1 aromatic heterocycles. The van der Waals surface area contributed by atoms with E-state index >= 15 is 0 Å². The topological polar surface area (TPSA) is 78.4 Å². The molecule has 1 rings (SSSR count). The Morgan fingerprint density at radius 3 is 2.78 bits per heavy atom. The minimum absolute atomic E-state index is 0.0703. The van der Waals surface area contributed by atoms with Crippen LogP contribution in [0.1, 0.15) is 43.5 Å². The van der Waals surface area contributed by atoms with Crippen molar-refractivity contribution in [3.8, 4) is 0 Å². The van der Waals surface area contributed by atoms with Crippen LogP contribution >= 0.6 is 11.3 Å². The molecule has 0 saturated heterocycles. The molecule has 23 heavy (non-hydrogen) atoms. The number of nitrogens with zero attached hydrogens (tertiary/aromatic N) is 2. The van der Waals surface area contributed by atoms with Crippen molar-refractivity contribution in [3.63, 3.8) is 0 Å². The second-order valence-electron chi connectivity index (χ2n) is 5.43. The standard InChI is InChI=1S/C16H29N5OS/c1-5-12(3)21-14(22)7-9-18-16(17-6-2)19-10-8-15-20-11-13(4)23-15/h11-12H,5-10H2,1-4H3,(H,21,22)(H2,17,18,19). The third-order valence-corrected chi connectivity index (χ3v) is 4.25. The molecule has 0 aliphatic heterocycles. The van der Waals surface area contributed by atoms with Crippen LogP contribution in [0.5, 0.6) is 0 Å². The SMILES string of the molecule is CCNC(=NCCc1ncc(C)s1)NCCC(=O)NC(C)CC. The largest absolute Gasteiger partial charge is 0.357 e. The smallest absolute Gasteiger partial charge is 0.221 e. The van der Waals surface area contributed by atoms with Crippen LogP contribution in [0, 0.1) is 6.92 Å². The van der Waals surface area contributed by atoms with E-state index in [9.17, 15) is 4.79 Å². The normalized spacial score (nSPS) is 12.8. The van der Waals surface area contributed by atoms with Gasteiger partial charge in [0.25, 0.3) is 0 Å². The molecule has 0 spiro atoms. The van der Waals surface area contributed by atoms with Gasteiger partial charge < -0.3 is 16.0 Å². The zero-order valence-electron chi connectivity index (χ0n) is 14.6. The van der Waals surface area contributed by atoms with E-state index in [2.05, 4.69) is 39.8 Å². The summed E-state index contributed by atoms with van der Waals surface area (Å²) >= 11 is 1.71. The molecular weight excluding hydrogens is 310 g/mol. The van der Waals surface area contributed by atoms with Crippen LogP contribution in [0.3, 0.4) is 0 Å². The number of guanidine groups is 1. The summed E-state index contributed by atoms with van der Waals surface area (Å²) in [6.45, 7) is 10.2. The highest BCUT2D eigenvalue weighted by molar-refractivity contribution is 7.11. The molecule has 0 aliphatic rings. The second kappa shape index (κ2) is 11.0. The van der Waals surface area contributed by atoms with E-state index in [4.69, 9.17) is 0 Å². The first-order valence-electron chi connectivity index (χ1n) is 8.28. The summed E-state index contributed by atoms with van der Waals surface area (Å²) < 4.78 is 0. The number of carbonyl (C=O) groups excluding carboxylic acids is 1. The van der Waals surface area contributed by atoms with Gasteiger partial charge in [-0.15, -0.1) is 11.3 Å². The van der Waals surface area contributed by atoms with Crippen molar-refractivity contribution in [1.29, 1.82) is 0 Å². The lowest BCUT2D eigenvalue weighted by molar-refractivity contribution is -0.121. The summed E-state index contributed by atoms with van der Waals surface area (Å²) in [4.78, 5) is 21.8. The summed E-state index contributed by atoms with van der Waals surface area (Å²) in [6.07, 6.45) is 4.12. The number of hydrogen-bond acceptors (Lipinski definition) is 4. The van der Waals surface area contributed by atoms with Gasteiger partial charge in [0.1, 0.15) is 0 Å². The molecule has 7 heteroatoms. The van der Waals surface area contributed by atoms with Crippen molar-refractivity contribution in [3.05, 3.63) is 16.1 Å². The molecule has 130 valence electrons. The maximum atomic E-state index is 11.7. The van der Waals surface area contributed by atoms with Crippen molar-refractivity contribution in [2.75, 3.05) is 19.6 Å². The molecule has 0 aromatic carbocycles. The average molecular weight is 340 g/mol. The van der Waals surface area contributed by atoms with Gasteiger partial charge in [0.2, 0.25) is 5.91 Å². The van der Waals surface area contributed by atoms with Crippen LogP contribution in [-0.2, 0) is 11.2 Å². The van der Waals surface area contributed by atoms with E-state index in [-0.39, 0.29) is 11.9 Å². The van der Waals surface area contributed by atoms with E-state index in [1.165, 1.54) is 4.88 Å². The number of nitrogens with one attached hydrogen (secondary N) is 3. The summed E-state index contributed by atoms with van der Waals surface area (Å²) in [6, 6.07) is 0.228. The van der Waals surface area contributed by atoms with Gasteiger partial charge in [-0.2, -0.15) is 0 Å². The molecule has 0 aliphatic carbocycles. The lowest BCUT2D eigenvalue weighted by Crippen LogP contribution is -2.40. The Balaban J connectivity index is 2.33. The third-order valence-electron chi connectivity index (χ3n) is 3.27. The van der Waals surface area contributed by atoms with Crippen molar-refractivity contribution >= 4 is 23.2 Å². The van der Waals surface area contributed by atoms with E-state index < -0.39 is 0 Å². The highest BCUT2D eigenvalue weighted by Crippen LogP contribution is 2.11. The lowest BCUT2D eigenvalue weighted by atomic mass is 10.2.